The minimum Gasteiger partial charge on any atom is -0.536 e. The Kier molecular flexibility index (Phi) is 7.45. The van der Waals surface area contributed by atoms with Crippen LogP contribution in [0.15, 0.2) is 194 Å². The normalized spacial score (nSPS) is 12.4. The van der Waals surface area contributed by atoms with Crippen LogP contribution in [0.5, 0.6) is 17.2 Å². The fraction of sp³-hybridized carbons (Fsp3) is 0. The van der Waals surface area contributed by atoms with E-state index < -0.39 is 0 Å². The number of hydrogen-bond acceptors (Lipinski definition) is 4. The molecule has 0 aliphatic carbocycles. The zero-order chi connectivity index (χ0) is 37.0. The molecule has 0 unspecified atom stereocenters. The van der Waals surface area contributed by atoms with E-state index in [4.69, 9.17) is 9.39 Å². The SMILES string of the molecule is [c-]1n(-c2cccc(Oc3ccc4c(c3)N(c3ccccn3)B(c3ccccc3)O4)c2)c2ccccc2[n+]1-c1cccc2c3ccccc3n(-c3ccccc3)c12. The Morgan fingerprint density at radius 1 is 0.589 bits per heavy atom. The molecule has 0 bridgehead atoms. The maximum atomic E-state index is 6.61. The predicted molar refractivity (Wildman–Crippen MR) is 223 cm³/mol. The molecule has 4 heterocycles. The minimum absolute atomic E-state index is 0.358. The second kappa shape index (κ2) is 13.1. The maximum Gasteiger partial charge on any atom is 0.525 e. The monoisotopic (exact) mass is 721 g/mol. The van der Waals surface area contributed by atoms with Crippen molar-refractivity contribution in [3.05, 3.63) is 201 Å². The second-order valence-corrected chi connectivity index (χ2v) is 13.8. The van der Waals surface area contributed by atoms with Gasteiger partial charge in [0, 0.05) is 28.7 Å². The molecule has 10 aromatic rings. The van der Waals surface area contributed by atoms with Crippen molar-refractivity contribution in [2.45, 2.75) is 0 Å². The third-order valence-electron chi connectivity index (χ3n) is 10.4. The third-order valence-corrected chi connectivity index (χ3v) is 10.4. The highest BCUT2D eigenvalue weighted by Gasteiger charge is 2.40. The number of ether oxygens (including phenoxy) is 1. The van der Waals surface area contributed by atoms with Crippen LogP contribution in [-0.4, -0.2) is 21.2 Å². The molecule has 56 heavy (non-hydrogen) atoms. The molecule has 0 spiro atoms. The van der Waals surface area contributed by atoms with Crippen LogP contribution in [0.4, 0.5) is 11.5 Å². The highest BCUT2D eigenvalue weighted by atomic mass is 16.5. The standard InChI is InChI=1S/C48H32BN5O2/c1-3-15-34(16-4-1)49-54(47-27-11-12-30-50-47)45-32-38(28-29-46(45)56-49)55-37-20-13-19-36(31-37)51-33-52(43-25-10-9-24-42(43)51)44-26-14-22-40-39-21-7-8-23-41(39)53(48(40)44)35-17-5-2-6-18-35/h1-32H. The molecule has 0 atom stereocenters. The molecule has 7 aromatic carbocycles. The molecule has 0 saturated heterocycles. The van der Waals surface area contributed by atoms with Crippen molar-refractivity contribution in [1.29, 1.82) is 0 Å². The van der Waals surface area contributed by atoms with E-state index in [9.17, 15) is 0 Å². The van der Waals surface area contributed by atoms with Crippen LogP contribution in [-0.2, 0) is 0 Å². The molecule has 0 saturated carbocycles. The van der Waals surface area contributed by atoms with Gasteiger partial charge in [-0.2, -0.15) is 0 Å². The zero-order valence-electron chi connectivity index (χ0n) is 30.1. The van der Waals surface area contributed by atoms with Gasteiger partial charge in [-0.25, -0.2) is 4.98 Å². The van der Waals surface area contributed by atoms with Crippen LogP contribution in [0, 0.1) is 6.33 Å². The Balaban J connectivity index is 0.996. The number of anilines is 2. The minimum atomic E-state index is -0.358. The van der Waals surface area contributed by atoms with Gasteiger partial charge in [0.25, 0.3) is 6.33 Å². The predicted octanol–water partition coefficient (Wildman–Crippen LogP) is 9.92. The van der Waals surface area contributed by atoms with E-state index in [2.05, 4.69) is 151 Å². The summed E-state index contributed by atoms with van der Waals surface area (Å²) in [7, 11) is -0.358. The molecular formula is C48H32BN5O2. The Labute approximate surface area is 323 Å². The fourth-order valence-electron chi connectivity index (χ4n) is 8.00. The summed E-state index contributed by atoms with van der Waals surface area (Å²) in [5, 5.41) is 2.39. The van der Waals surface area contributed by atoms with Crippen LogP contribution < -0.4 is 24.2 Å². The lowest BCUT2D eigenvalue weighted by Crippen LogP contribution is -2.47. The molecule has 0 radical (unpaired) electrons. The van der Waals surface area contributed by atoms with E-state index in [1.165, 1.54) is 10.8 Å². The number of hydrogen-bond donors (Lipinski definition) is 0. The van der Waals surface area contributed by atoms with Gasteiger partial charge in [0.1, 0.15) is 23.1 Å². The number of fused-ring (bicyclic) bond motifs is 5. The highest BCUT2D eigenvalue weighted by Crippen LogP contribution is 2.43. The summed E-state index contributed by atoms with van der Waals surface area (Å²) in [5.41, 5.74) is 9.34. The largest absolute Gasteiger partial charge is 0.536 e. The molecule has 7 nitrogen and oxygen atoms in total. The van der Waals surface area contributed by atoms with Crippen molar-refractivity contribution in [2.75, 3.05) is 4.81 Å². The highest BCUT2D eigenvalue weighted by molar-refractivity contribution is 6.74. The average Bonchev–Trinajstić information content (AvgIpc) is 3.95. The summed E-state index contributed by atoms with van der Waals surface area (Å²) in [6.45, 7) is 0. The molecule has 3 aromatic heterocycles. The van der Waals surface area contributed by atoms with Crippen molar-refractivity contribution in [3.8, 4) is 34.3 Å². The van der Waals surface area contributed by atoms with Crippen LogP contribution in [0.25, 0.3) is 49.9 Å². The molecule has 11 rings (SSSR count). The number of benzene rings is 7. The van der Waals surface area contributed by atoms with Gasteiger partial charge >= 0.3 is 7.05 Å². The smallest absolute Gasteiger partial charge is 0.525 e. The van der Waals surface area contributed by atoms with Gasteiger partial charge in [0.15, 0.2) is 0 Å². The van der Waals surface area contributed by atoms with E-state index in [1.54, 1.807) is 6.20 Å². The average molecular weight is 722 g/mol. The summed E-state index contributed by atoms with van der Waals surface area (Å²) in [6, 6.07) is 64.4. The molecule has 0 amide bonds. The maximum absolute atomic E-state index is 6.61. The first-order valence-electron chi connectivity index (χ1n) is 18.7. The Morgan fingerprint density at radius 3 is 2.16 bits per heavy atom. The number of nitrogens with zero attached hydrogens (tertiary/aromatic N) is 5. The molecule has 1 aliphatic heterocycles. The van der Waals surface area contributed by atoms with E-state index >= 15 is 0 Å². The quantitative estimate of drug-likeness (QED) is 0.0935. The van der Waals surface area contributed by atoms with Gasteiger partial charge in [-0.1, -0.05) is 115 Å². The number of rotatable bonds is 7. The van der Waals surface area contributed by atoms with Gasteiger partial charge in [0.2, 0.25) is 0 Å². The third kappa shape index (κ3) is 5.22. The first kappa shape index (κ1) is 31.9. The molecule has 8 heteroatoms. The zero-order valence-corrected chi connectivity index (χ0v) is 30.1. The van der Waals surface area contributed by atoms with Gasteiger partial charge in [-0.3, -0.25) is 9.13 Å². The van der Waals surface area contributed by atoms with Gasteiger partial charge in [0.05, 0.1) is 39.1 Å². The lowest BCUT2D eigenvalue weighted by Gasteiger charge is -2.21. The van der Waals surface area contributed by atoms with Crippen molar-refractivity contribution < 1.29 is 14.0 Å². The number of pyridine rings is 1. The van der Waals surface area contributed by atoms with Crippen LogP contribution >= 0.6 is 0 Å². The van der Waals surface area contributed by atoms with Crippen LogP contribution in [0.3, 0.4) is 0 Å². The van der Waals surface area contributed by atoms with Gasteiger partial charge in [-0.15, -0.1) is 0 Å². The molecule has 1 aliphatic rings. The lowest BCUT2D eigenvalue weighted by atomic mass is 9.72. The van der Waals surface area contributed by atoms with Crippen molar-refractivity contribution in [1.82, 2.24) is 14.1 Å². The first-order valence-corrected chi connectivity index (χ1v) is 18.7. The summed E-state index contributed by atoms with van der Waals surface area (Å²) >= 11 is 0. The molecule has 0 N–H and O–H groups in total. The summed E-state index contributed by atoms with van der Waals surface area (Å²) in [6.07, 6.45) is 5.54. The van der Waals surface area contributed by atoms with E-state index in [0.717, 1.165) is 61.8 Å². The lowest BCUT2D eigenvalue weighted by molar-refractivity contribution is -0.571. The van der Waals surface area contributed by atoms with Crippen molar-refractivity contribution in [3.63, 3.8) is 0 Å². The van der Waals surface area contributed by atoms with Crippen molar-refractivity contribution >= 4 is 56.9 Å². The summed E-state index contributed by atoms with van der Waals surface area (Å²) < 4.78 is 19.8. The summed E-state index contributed by atoms with van der Waals surface area (Å²) in [4.78, 5) is 6.80. The topological polar surface area (TPSA) is 48.3 Å². The van der Waals surface area contributed by atoms with E-state index in [-0.39, 0.29) is 7.05 Å². The van der Waals surface area contributed by atoms with Crippen LogP contribution in [0.2, 0.25) is 0 Å². The van der Waals surface area contributed by atoms with E-state index in [0.29, 0.717) is 11.5 Å². The molecular weight excluding hydrogens is 689 g/mol. The Hall–Kier alpha value is -7.58. The van der Waals surface area contributed by atoms with Gasteiger partial charge < -0.3 is 18.8 Å². The van der Waals surface area contributed by atoms with Crippen molar-refractivity contribution in [2.24, 2.45) is 0 Å². The van der Waals surface area contributed by atoms with Gasteiger partial charge in [-0.05, 0) is 72.2 Å². The number of imidazole rings is 1. The number of para-hydroxylation sites is 5. The number of aromatic nitrogens is 4. The molecule has 0 fully saturated rings. The molecule has 264 valence electrons. The Morgan fingerprint density at radius 2 is 1.30 bits per heavy atom. The van der Waals surface area contributed by atoms with Crippen LogP contribution in [0.1, 0.15) is 0 Å². The first-order chi connectivity index (χ1) is 27.8. The second-order valence-electron chi connectivity index (χ2n) is 13.8. The van der Waals surface area contributed by atoms with E-state index in [1.807, 2.05) is 66.7 Å². The summed E-state index contributed by atoms with van der Waals surface area (Å²) in [5.74, 6) is 2.96. The fourth-order valence-corrected chi connectivity index (χ4v) is 8.00. The Bertz CT molecular complexity index is 3060.